The fourth-order valence-electron chi connectivity index (χ4n) is 2.37. The molecule has 0 N–H and O–H groups in total. The smallest absolute Gasteiger partial charge is 0.303 e. The van der Waals surface area contributed by atoms with E-state index in [1.165, 1.54) is 13.8 Å². The average Bonchev–Trinajstić information content (AvgIpc) is 2.46. The molecule has 0 aliphatic carbocycles. The van der Waals surface area contributed by atoms with Crippen LogP contribution in [0.4, 0.5) is 0 Å². The number of benzene rings is 1. The second-order valence-corrected chi connectivity index (χ2v) is 5.21. The van der Waals surface area contributed by atoms with E-state index in [9.17, 15) is 9.59 Å². The maximum Gasteiger partial charge on any atom is 0.303 e. The van der Waals surface area contributed by atoms with Gasteiger partial charge in [0.05, 0.1) is 0 Å². The van der Waals surface area contributed by atoms with Gasteiger partial charge in [0.25, 0.3) is 0 Å². The second kappa shape index (κ2) is 7.22. The average molecular weight is 304 g/mol. The van der Waals surface area contributed by atoms with Crippen LogP contribution in [0.3, 0.4) is 0 Å². The van der Waals surface area contributed by atoms with Crippen molar-refractivity contribution in [2.45, 2.75) is 39.1 Å². The first-order chi connectivity index (χ1) is 10.5. The molecule has 22 heavy (non-hydrogen) atoms. The van der Waals surface area contributed by atoms with Crippen molar-refractivity contribution in [2.24, 2.45) is 0 Å². The van der Waals surface area contributed by atoms with Crippen LogP contribution in [-0.2, 0) is 23.8 Å². The quantitative estimate of drug-likeness (QED) is 0.632. The van der Waals surface area contributed by atoms with Crippen molar-refractivity contribution < 1.29 is 23.8 Å². The largest absolute Gasteiger partial charge is 0.463 e. The van der Waals surface area contributed by atoms with Gasteiger partial charge in [-0.3, -0.25) is 9.59 Å². The summed E-state index contributed by atoms with van der Waals surface area (Å²) < 4.78 is 16.2. The fourth-order valence-corrected chi connectivity index (χ4v) is 2.37. The van der Waals surface area contributed by atoms with Crippen molar-refractivity contribution in [1.82, 2.24) is 0 Å². The summed E-state index contributed by atoms with van der Waals surface area (Å²) in [4.78, 5) is 22.2. The van der Waals surface area contributed by atoms with E-state index in [4.69, 9.17) is 14.2 Å². The first-order valence-electron chi connectivity index (χ1n) is 7.17. The molecule has 1 aliphatic rings. The lowest BCUT2D eigenvalue weighted by atomic mass is 9.99. The molecule has 1 aromatic carbocycles. The second-order valence-electron chi connectivity index (χ2n) is 5.21. The molecule has 5 heteroatoms. The Hall–Kier alpha value is -2.14. The van der Waals surface area contributed by atoms with Crippen molar-refractivity contribution in [3.05, 3.63) is 47.5 Å². The summed E-state index contributed by atoms with van der Waals surface area (Å²) in [5, 5.41) is 0. The highest BCUT2D eigenvalue weighted by molar-refractivity contribution is 5.67. The normalized spacial score (nSPS) is 23.9. The number of hydrogen-bond donors (Lipinski definition) is 0. The number of carbonyl (C=O) groups is 2. The third-order valence-corrected chi connectivity index (χ3v) is 3.41. The molecule has 0 bridgehead atoms. The molecule has 2 rings (SSSR count). The van der Waals surface area contributed by atoms with Gasteiger partial charge in [0.15, 0.2) is 0 Å². The molecule has 0 aromatic heterocycles. The van der Waals surface area contributed by atoms with Crippen molar-refractivity contribution in [1.29, 1.82) is 0 Å². The van der Waals surface area contributed by atoms with Crippen molar-refractivity contribution >= 4 is 11.9 Å². The van der Waals surface area contributed by atoms with E-state index >= 15 is 0 Å². The lowest BCUT2D eigenvalue weighted by Gasteiger charge is -2.32. The molecular formula is C17H20O5. The van der Waals surface area contributed by atoms with Crippen molar-refractivity contribution in [3.63, 3.8) is 0 Å². The van der Waals surface area contributed by atoms with E-state index in [-0.39, 0.29) is 12.7 Å². The highest BCUT2D eigenvalue weighted by Crippen LogP contribution is 2.29. The minimum Gasteiger partial charge on any atom is -0.463 e. The molecule has 0 unspecified atom stereocenters. The standard InChI is InChI=1S/C17H20O5/c1-11-6-4-5-7-14(11)15-8-9-16(21-13(3)19)17(22-15)10-20-12(2)18/h4-9,15-17H,10H2,1-3H3/t15-,16+,17+/m0/s1. The molecule has 118 valence electrons. The Morgan fingerprint density at radius 1 is 1.14 bits per heavy atom. The molecule has 0 spiro atoms. The number of aryl methyl sites for hydroxylation is 1. The number of esters is 2. The number of carbonyl (C=O) groups excluding carboxylic acids is 2. The Labute approximate surface area is 129 Å². The van der Waals surface area contributed by atoms with Gasteiger partial charge in [0.2, 0.25) is 0 Å². The summed E-state index contributed by atoms with van der Waals surface area (Å²) in [6, 6.07) is 7.90. The Morgan fingerprint density at radius 3 is 2.50 bits per heavy atom. The van der Waals surface area contributed by atoms with Gasteiger partial charge in [-0.05, 0) is 24.1 Å². The summed E-state index contributed by atoms with van der Waals surface area (Å²) in [7, 11) is 0. The van der Waals surface area contributed by atoms with Gasteiger partial charge in [0.1, 0.15) is 24.9 Å². The summed E-state index contributed by atoms with van der Waals surface area (Å²) in [5.41, 5.74) is 2.14. The van der Waals surface area contributed by atoms with Crippen molar-refractivity contribution in [2.75, 3.05) is 6.61 Å². The summed E-state index contributed by atoms with van der Waals surface area (Å²) in [6.07, 6.45) is 2.31. The van der Waals surface area contributed by atoms with Crippen LogP contribution in [0.2, 0.25) is 0 Å². The lowest BCUT2D eigenvalue weighted by molar-refractivity contribution is -0.163. The van der Waals surface area contributed by atoms with Gasteiger partial charge in [0, 0.05) is 13.8 Å². The topological polar surface area (TPSA) is 61.8 Å². The minimum absolute atomic E-state index is 0.0417. The van der Waals surface area contributed by atoms with Gasteiger partial charge >= 0.3 is 11.9 Å². The van der Waals surface area contributed by atoms with E-state index in [2.05, 4.69) is 0 Å². The molecule has 1 aliphatic heterocycles. The van der Waals surface area contributed by atoms with Crippen LogP contribution in [0.25, 0.3) is 0 Å². The van der Waals surface area contributed by atoms with Crippen LogP contribution in [0, 0.1) is 6.92 Å². The van der Waals surface area contributed by atoms with E-state index < -0.39 is 24.1 Å². The fraction of sp³-hybridized carbons (Fsp3) is 0.412. The molecule has 3 atom stereocenters. The zero-order valence-electron chi connectivity index (χ0n) is 12.9. The number of hydrogen-bond acceptors (Lipinski definition) is 5. The molecule has 5 nitrogen and oxygen atoms in total. The maximum absolute atomic E-state index is 11.2. The predicted molar refractivity (Wildman–Crippen MR) is 80.1 cm³/mol. The SMILES string of the molecule is CC(=O)OC[C@H]1O[C@H](c2ccccc2C)C=C[C@H]1OC(C)=O. The zero-order valence-corrected chi connectivity index (χ0v) is 12.9. The lowest BCUT2D eigenvalue weighted by Crippen LogP contribution is -2.39. The van der Waals surface area contributed by atoms with Crippen LogP contribution >= 0.6 is 0 Å². The molecule has 0 saturated heterocycles. The Balaban J connectivity index is 2.18. The predicted octanol–water partition coefficient (Wildman–Crippen LogP) is 2.49. The summed E-state index contributed by atoms with van der Waals surface area (Å²) >= 11 is 0. The molecule has 0 fully saturated rings. The summed E-state index contributed by atoms with van der Waals surface area (Å²) in [5.74, 6) is -0.799. The zero-order chi connectivity index (χ0) is 16.1. The number of rotatable bonds is 4. The maximum atomic E-state index is 11.2. The molecular weight excluding hydrogens is 284 g/mol. The highest BCUT2D eigenvalue weighted by atomic mass is 16.6. The van der Waals surface area contributed by atoms with E-state index in [0.29, 0.717) is 0 Å². The van der Waals surface area contributed by atoms with Crippen LogP contribution in [0.15, 0.2) is 36.4 Å². The molecule has 0 amide bonds. The van der Waals surface area contributed by atoms with Crippen molar-refractivity contribution in [3.8, 4) is 0 Å². The third-order valence-electron chi connectivity index (χ3n) is 3.41. The summed E-state index contributed by atoms with van der Waals surface area (Å²) in [6.45, 7) is 4.72. The first-order valence-corrected chi connectivity index (χ1v) is 7.17. The van der Waals surface area contributed by atoms with Crippen LogP contribution in [-0.4, -0.2) is 30.8 Å². The van der Waals surface area contributed by atoms with Gasteiger partial charge in [-0.25, -0.2) is 0 Å². The van der Waals surface area contributed by atoms with Gasteiger partial charge in [-0.2, -0.15) is 0 Å². The van der Waals surface area contributed by atoms with Gasteiger partial charge < -0.3 is 14.2 Å². The molecule has 1 heterocycles. The van der Waals surface area contributed by atoms with Crippen LogP contribution < -0.4 is 0 Å². The van der Waals surface area contributed by atoms with Gasteiger partial charge in [-0.15, -0.1) is 0 Å². The number of ether oxygens (including phenoxy) is 3. The minimum atomic E-state index is -0.558. The van der Waals surface area contributed by atoms with Crippen LogP contribution in [0.1, 0.15) is 31.1 Å². The highest BCUT2D eigenvalue weighted by Gasteiger charge is 2.31. The Morgan fingerprint density at radius 2 is 1.86 bits per heavy atom. The van der Waals surface area contributed by atoms with E-state index in [1.54, 1.807) is 6.08 Å². The molecule has 1 aromatic rings. The molecule has 0 saturated carbocycles. The van der Waals surface area contributed by atoms with E-state index in [1.807, 2.05) is 37.3 Å². The van der Waals surface area contributed by atoms with Gasteiger partial charge in [-0.1, -0.05) is 30.3 Å². The Kier molecular flexibility index (Phi) is 5.33. The monoisotopic (exact) mass is 304 g/mol. The van der Waals surface area contributed by atoms with Crippen LogP contribution in [0.5, 0.6) is 0 Å². The van der Waals surface area contributed by atoms with E-state index in [0.717, 1.165) is 11.1 Å². The molecule has 0 radical (unpaired) electrons. The Bertz CT molecular complexity index is 578. The first kappa shape index (κ1) is 16.2. The third kappa shape index (κ3) is 4.18.